The highest BCUT2D eigenvalue weighted by atomic mass is 32.2. The van der Waals surface area contributed by atoms with Gasteiger partial charge in [-0.2, -0.15) is 4.31 Å². The lowest BCUT2D eigenvalue weighted by atomic mass is 10.0. The van der Waals surface area contributed by atoms with Gasteiger partial charge in [0, 0.05) is 19.7 Å². The second-order valence-corrected chi connectivity index (χ2v) is 6.94. The van der Waals surface area contributed by atoms with E-state index in [2.05, 4.69) is 0 Å². The van der Waals surface area contributed by atoms with Crippen LogP contribution >= 0.6 is 0 Å². The predicted octanol–water partition coefficient (Wildman–Crippen LogP) is 0.324. The first-order valence-corrected chi connectivity index (χ1v) is 7.73. The number of nitrogens with zero attached hydrogens (tertiary/aromatic N) is 1. The maximum Gasteiger partial charge on any atom is 0.217 e. The summed E-state index contributed by atoms with van der Waals surface area (Å²) in [6.07, 6.45) is 4.73. The van der Waals surface area contributed by atoms with Gasteiger partial charge in [0.15, 0.2) is 0 Å². The minimum atomic E-state index is -3.33. The van der Waals surface area contributed by atoms with E-state index >= 15 is 0 Å². The summed E-state index contributed by atoms with van der Waals surface area (Å²) in [4.78, 5) is 0. The van der Waals surface area contributed by atoms with Gasteiger partial charge in [0.2, 0.25) is 10.0 Å². The molecule has 0 aliphatic heterocycles. The Bertz CT molecular complexity index is 311. The zero-order valence-electron chi connectivity index (χ0n) is 10.4. The monoisotopic (exact) mass is 265 g/mol. The van der Waals surface area contributed by atoms with E-state index in [1.54, 1.807) is 0 Å². The van der Waals surface area contributed by atoms with E-state index in [4.69, 9.17) is 5.11 Å². The molecule has 1 saturated carbocycles. The third-order valence-corrected chi connectivity index (χ3v) is 5.98. The molecule has 17 heavy (non-hydrogen) atoms. The number of hydrogen-bond acceptors (Lipinski definition) is 4. The third-order valence-electron chi connectivity index (χ3n) is 3.56. The number of sulfonamides is 1. The molecule has 0 aromatic carbocycles. The Morgan fingerprint density at radius 1 is 1.24 bits per heavy atom. The van der Waals surface area contributed by atoms with E-state index < -0.39 is 16.1 Å². The van der Waals surface area contributed by atoms with Crippen LogP contribution in [0.5, 0.6) is 0 Å². The number of aliphatic hydroxyl groups is 2. The molecule has 1 atom stereocenters. The summed E-state index contributed by atoms with van der Waals surface area (Å²) < 4.78 is 25.8. The molecule has 1 fully saturated rings. The molecule has 5 nitrogen and oxygen atoms in total. The third kappa shape index (κ3) is 3.64. The molecule has 0 bridgehead atoms. The number of aliphatic hydroxyl groups excluding tert-OH is 2. The standard InChI is InChI=1S/C11H23NO4S/c1-12(10(9-14)7-8-13)17(15,16)11-5-3-2-4-6-11/h10-11,13-14H,2-9H2,1H3. The van der Waals surface area contributed by atoms with Gasteiger partial charge in [-0.15, -0.1) is 0 Å². The van der Waals surface area contributed by atoms with Crippen LogP contribution in [0.1, 0.15) is 38.5 Å². The van der Waals surface area contributed by atoms with Crippen molar-refractivity contribution >= 4 is 10.0 Å². The lowest BCUT2D eigenvalue weighted by Crippen LogP contribution is -2.45. The van der Waals surface area contributed by atoms with Crippen LogP contribution in [0, 0.1) is 0 Å². The van der Waals surface area contributed by atoms with Gasteiger partial charge in [0.25, 0.3) is 0 Å². The van der Waals surface area contributed by atoms with Gasteiger partial charge in [-0.05, 0) is 19.3 Å². The molecule has 1 rings (SSSR count). The first-order valence-electron chi connectivity index (χ1n) is 6.22. The molecular weight excluding hydrogens is 242 g/mol. The van der Waals surface area contributed by atoms with Crippen molar-refractivity contribution in [2.75, 3.05) is 20.3 Å². The second kappa shape index (κ2) is 6.68. The first kappa shape index (κ1) is 14.9. The topological polar surface area (TPSA) is 77.8 Å². The Kier molecular flexibility index (Phi) is 5.85. The lowest BCUT2D eigenvalue weighted by Gasteiger charge is -2.31. The molecule has 102 valence electrons. The molecule has 2 N–H and O–H groups in total. The summed E-state index contributed by atoms with van der Waals surface area (Å²) in [6, 6.07) is -0.507. The van der Waals surface area contributed by atoms with Crippen LogP contribution in [0.3, 0.4) is 0 Å². The fourth-order valence-electron chi connectivity index (χ4n) is 2.34. The highest BCUT2D eigenvalue weighted by molar-refractivity contribution is 7.89. The molecule has 0 heterocycles. The average Bonchev–Trinajstić information content (AvgIpc) is 2.36. The van der Waals surface area contributed by atoms with E-state index in [9.17, 15) is 13.5 Å². The maximum absolute atomic E-state index is 12.3. The summed E-state index contributed by atoms with van der Waals surface area (Å²) in [5.74, 6) is 0. The van der Waals surface area contributed by atoms with E-state index in [-0.39, 0.29) is 24.9 Å². The Morgan fingerprint density at radius 3 is 2.29 bits per heavy atom. The maximum atomic E-state index is 12.3. The summed E-state index contributed by atoms with van der Waals surface area (Å²) in [5, 5.41) is 17.7. The fraction of sp³-hybridized carbons (Fsp3) is 1.00. The molecule has 1 aliphatic rings. The molecule has 0 radical (unpaired) electrons. The average molecular weight is 265 g/mol. The van der Waals surface area contributed by atoms with Crippen molar-refractivity contribution in [3.8, 4) is 0 Å². The quantitative estimate of drug-likeness (QED) is 0.725. The Morgan fingerprint density at radius 2 is 1.82 bits per heavy atom. The van der Waals surface area contributed by atoms with Crippen LogP contribution in [0.15, 0.2) is 0 Å². The Hall–Kier alpha value is -0.170. The van der Waals surface area contributed by atoms with Gasteiger partial charge in [-0.25, -0.2) is 8.42 Å². The first-order chi connectivity index (χ1) is 8.04. The normalized spacial score (nSPS) is 20.7. The molecule has 0 amide bonds. The van der Waals surface area contributed by atoms with Crippen LogP contribution in [-0.2, 0) is 10.0 Å². The fourth-order valence-corrected chi connectivity index (χ4v) is 4.33. The summed E-state index contributed by atoms with van der Waals surface area (Å²) in [6.45, 7) is -0.362. The highest BCUT2D eigenvalue weighted by Gasteiger charge is 2.34. The largest absolute Gasteiger partial charge is 0.396 e. The predicted molar refractivity (Wildman–Crippen MR) is 66.1 cm³/mol. The van der Waals surface area contributed by atoms with Crippen LogP contribution in [0.25, 0.3) is 0 Å². The van der Waals surface area contributed by atoms with Gasteiger partial charge >= 0.3 is 0 Å². The van der Waals surface area contributed by atoms with Crippen molar-refractivity contribution in [1.29, 1.82) is 0 Å². The molecular formula is C11H23NO4S. The lowest BCUT2D eigenvalue weighted by molar-refractivity contribution is 0.165. The number of hydrogen-bond donors (Lipinski definition) is 2. The number of rotatable bonds is 6. The van der Waals surface area contributed by atoms with Crippen LogP contribution in [0.2, 0.25) is 0 Å². The minimum absolute atomic E-state index is 0.115. The van der Waals surface area contributed by atoms with E-state index in [0.717, 1.165) is 19.3 Å². The second-order valence-electron chi connectivity index (χ2n) is 4.67. The molecule has 1 unspecified atom stereocenters. The van der Waals surface area contributed by atoms with E-state index in [1.807, 2.05) is 0 Å². The SMILES string of the molecule is CN(C(CO)CCO)S(=O)(=O)C1CCCCC1. The molecule has 0 spiro atoms. The van der Waals surface area contributed by atoms with Gasteiger partial charge in [0.1, 0.15) is 0 Å². The highest BCUT2D eigenvalue weighted by Crippen LogP contribution is 2.26. The zero-order valence-corrected chi connectivity index (χ0v) is 11.2. The number of likely N-dealkylation sites (N-methyl/N-ethyl adjacent to an activating group) is 1. The minimum Gasteiger partial charge on any atom is -0.396 e. The molecule has 0 aromatic heterocycles. The summed E-state index contributed by atoms with van der Waals surface area (Å²) >= 11 is 0. The smallest absolute Gasteiger partial charge is 0.217 e. The summed E-state index contributed by atoms with van der Waals surface area (Å²) in [7, 11) is -1.83. The van der Waals surface area contributed by atoms with Crippen molar-refractivity contribution in [3.63, 3.8) is 0 Å². The Balaban J connectivity index is 2.73. The van der Waals surface area contributed by atoms with Crippen molar-refractivity contribution in [2.24, 2.45) is 0 Å². The van der Waals surface area contributed by atoms with Crippen molar-refractivity contribution in [2.45, 2.75) is 49.8 Å². The van der Waals surface area contributed by atoms with Crippen LogP contribution in [-0.4, -0.2) is 54.5 Å². The molecule has 1 aliphatic carbocycles. The summed E-state index contributed by atoms with van der Waals surface area (Å²) in [5.41, 5.74) is 0. The van der Waals surface area contributed by atoms with E-state index in [1.165, 1.54) is 11.4 Å². The van der Waals surface area contributed by atoms with Gasteiger partial charge < -0.3 is 10.2 Å². The molecule has 0 aromatic rings. The van der Waals surface area contributed by atoms with Gasteiger partial charge in [-0.3, -0.25) is 0 Å². The molecule has 0 saturated heterocycles. The van der Waals surface area contributed by atoms with E-state index in [0.29, 0.717) is 12.8 Å². The zero-order chi connectivity index (χ0) is 12.9. The van der Waals surface area contributed by atoms with Crippen molar-refractivity contribution in [1.82, 2.24) is 4.31 Å². The van der Waals surface area contributed by atoms with Crippen molar-refractivity contribution in [3.05, 3.63) is 0 Å². The Labute approximate surface area is 103 Å². The van der Waals surface area contributed by atoms with Crippen LogP contribution < -0.4 is 0 Å². The van der Waals surface area contributed by atoms with Crippen molar-refractivity contribution < 1.29 is 18.6 Å². The van der Waals surface area contributed by atoms with Gasteiger partial charge in [-0.1, -0.05) is 19.3 Å². The van der Waals surface area contributed by atoms with Crippen LogP contribution in [0.4, 0.5) is 0 Å². The molecule has 6 heteroatoms. The van der Waals surface area contributed by atoms with Gasteiger partial charge in [0.05, 0.1) is 11.9 Å².